The zero-order valence-electron chi connectivity index (χ0n) is 16.7. The summed E-state index contributed by atoms with van der Waals surface area (Å²) in [6, 6.07) is 4.09. The molecule has 0 bridgehead atoms. The number of nitrogens with zero attached hydrogens (tertiary/aromatic N) is 2. The Balaban J connectivity index is 1.71. The van der Waals surface area contributed by atoms with Gasteiger partial charge in [0.05, 0.1) is 12.8 Å². The number of likely N-dealkylation sites (tertiary alicyclic amines) is 1. The molecular formula is C21H29N3O3. The molecule has 2 aromatic rings. The van der Waals surface area contributed by atoms with Crippen molar-refractivity contribution in [3.05, 3.63) is 34.7 Å². The summed E-state index contributed by atoms with van der Waals surface area (Å²) in [5, 5.41) is 0. The van der Waals surface area contributed by atoms with E-state index in [4.69, 9.17) is 19.9 Å². The number of nitrogens with two attached hydrogens (primary N) is 1. The first-order valence-corrected chi connectivity index (χ1v) is 9.50. The van der Waals surface area contributed by atoms with Gasteiger partial charge in [0.1, 0.15) is 11.5 Å². The van der Waals surface area contributed by atoms with Crippen LogP contribution >= 0.6 is 0 Å². The Morgan fingerprint density at radius 1 is 1.26 bits per heavy atom. The predicted molar refractivity (Wildman–Crippen MR) is 105 cm³/mol. The number of amides is 1. The number of ether oxygens (including phenoxy) is 1. The second-order valence-electron chi connectivity index (χ2n) is 7.55. The van der Waals surface area contributed by atoms with E-state index < -0.39 is 0 Å². The molecule has 6 heteroatoms. The third kappa shape index (κ3) is 4.50. The molecule has 6 nitrogen and oxygen atoms in total. The lowest BCUT2D eigenvalue weighted by Gasteiger charge is -2.30. The zero-order valence-corrected chi connectivity index (χ0v) is 16.7. The largest absolute Gasteiger partial charge is 0.496 e. The van der Waals surface area contributed by atoms with Crippen molar-refractivity contribution in [1.82, 2.24) is 9.88 Å². The molecule has 1 saturated heterocycles. The lowest BCUT2D eigenvalue weighted by molar-refractivity contribution is -0.119. The van der Waals surface area contributed by atoms with Gasteiger partial charge in [-0.2, -0.15) is 0 Å². The van der Waals surface area contributed by atoms with Crippen LogP contribution in [0.3, 0.4) is 0 Å². The van der Waals surface area contributed by atoms with Crippen LogP contribution in [-0.4, -0.2) is 36.0 Å². The van der Waals surface area contributed by atoms with E-state index in [0.717, 1.165) is 66.4 Å². The minimum Gasteiger partial charge on any atom is -0.496 e. The maximum absolute atomic E-state index is 11.1. The molecular weight excluding hydrogens is 342 g/mol. The Labute approximate surface area is 160 Å². The Morgan fingerprint density at radius 3 is 2.59 bits per heavy atom. The average molecular weight is 371 g/mol. The fourth-order valence-corrected chi connectivity index (χ4v) is 3.77. The Hall–Kier alpha value is -2.34. The predicted octanol–water partition coefficient (Wildman–Crippen LogP) is 3.36. The van der Waals surface area contributed by atoms with E-state index in [9.17, 15) is 4.79 Å². The van der Waals surface area contributed by atoms with Crippen molar-refractivity contribution < 1.29 is 13.9 Å². The number of carbonyl (C=O) groups excluding carboxylic acids is 1. The van der Waals surface area contributed by atoms with Gasteiger partial charge in [0.25, 0.3) is 0 Å². The van der Waals surface area contributed by atoms with Crippen molar-refractivity contribution in [3.8, 4) is 17.2 Å². The molecule has 1 aliphatic rings. The Bertz CT molecular complexity index is 820. The number of hydrogen-bond donors (Lipinski definition) is 1. The highest BCUT2D eigenvalue weighted by Gasteiger charge is 2.23. The number of benzene rings is 1. The summed E-state index contributed by atoms with van der Waals surface area (Å²) >= 11 is 0. The third-order valence-corrected chi connectivity index (χ3v) is 5.44. The second kappa shape index (κ2) is 8.13. The van der Waals surface area contributed by atoms with Gasteiger partial charge in [-0.25, -0.2) is 4.98 Å². The SMILES string of the molecule is COc1cc(C)c(-c2nc(CN3CCC(CC(N)=O)CC3)c(C)o2)cc1C. The summed E-state index contributed by atoms with van der Waals surface area (Å²) in [4.78, 5) is 18.2. The molecule has 3 rings (SSSR count). The summed E-state index contributed by atoms with van der Waals surface area (Å²) in [6.07, 6.45) is 2.50. The van der Waals surface area contributed by atoms with Gasteiger partial charge in [0.15, 0.2) is 0 Å². The molecule has 0 saturated carbocycles. The van der Waals surface area contributed by atoms with Crippen LogP contribution in [0.4, 0.5) is 0 Å². The smallest absolute Gasteiger partial charge is 0.226 e. The first-order valence-electron chi connectivity index (χ1n) is 9.50. The number of methoxy groups -OCH3 is 1. The van der Waals surface area contributed by atoms with Crippen LogP contribution in [-0.2, 0) is 11.3 Å². The number of aryl methyl sites for hydroxylation is 3. The fraction of sp³-hybridized carbons (Fsp3) is 0.524. The van der Waals surface area contributed by atoms with Gasteiger partial charge in [-0.3, -0.25) is 9.69 Å². The van der Waals surface area contributed by atoms with Gasteiger partial charge in [0.2, 0.25) is 11.8 Å². The maximum Gasteiger partial charge on any atom is 0.226 e. The molecule has 1 amide bonds. The van der Waals surface area contributed by atoms with E-state index in [-0.39, 0.29) is 5.91 Å². The van der Waals surface area contributed by atoms with Crippen molar-refractivity contribution in [2.75, 3.05) is 20.2 Å². The highest BCUT2D eigenvalue weighted by molar-refractivity contribution is 5.74. The van der Waals surface area contributed by atoms with Gasteiger partial charge >= 0.3 is 0 Å². The summed E-state index contributed by atoms with van der Waals surface area (Å²) < 4.78 is 11.4. The second-order valence-corrected chi connectivity index (χ2v) is 7.55. The summed E-state index contributed by atoms with van der Waals surface area (Å²) in [5.41, 5.74) is 9.44. The number of primary amides is 1. The highest BCUT2D eigenvalue weighted by Crippen LogP contribution is 2.31. The maximum atomic E-state index is 11.1. The van der Waals surface area contributed by atoms with Crippen LogP contribution in [0.1, 0.15) is 41.8 Å². The van der Waals surface area contributed by atoms with Crippen LogP contribution in [0.15, 0.2) is 16.5 Å². The van der Waals surface area contributed by atoms with E-state index in [2.05, 4.69) is 11.0 Å². The Morgan fingerprint density at radius 2 is 1.96 bits per heavy atom. The van der Waals surface area contributed by atoms with E-state index in [1.807, 2.05) is 26.8 Å². The van der Waals surface area contributed by atoms with Crippen LogP contribution in [0.2, 0.25) is 0 Å². The number of rotatable bonds is 6. The number of aromatic nitrogens is 1. The molecule has 0 unspecified atom stereocenters. The first kappa shape index (κ1) is 19.4. The van der Waals surface area contributed by atoms with Gasteiger partial charge in [-0.1, -0.05) is 0 Å². The molecule has 146 valence electrons. The number of hydrogen-bond acceptors (Lipinski definition) is 5. The molecule has 1 aromatic heterocycles. The number of carbonyl (C=O) groups is 1. The summed E-state index contributed by atoms with van der Waals surface area (Å²) in [7, 11) is 1.68. The van der Waals surface area contributed by atoms with E-state index in [1.165, 1.54) is 0 Å². The minimum atomic E-state index is -0.199. The molecule has 27 heavy (non-hydrogen) atoms. The molecule has 1 aliphatic heterocycles. The van der Waals surface area contributed by atoms with Crippen molar-refractivity contribution in [1.29, 1.82) is 0 Å². The molecule has 2 heterocycles. The normalized spacial score (nSPS) is 15.9. The van der Waals surface area contributed by atoms with Crippen molar-refractivity contribution in [2.24, 2.45) is 11.7 Å². The number of oxazole rings is 1. The molecule has 0 aliphatic carbocycles. The van der Waals surface area contributed by atoms with E-state index in [1.54, 1.807) is 7.11 Å². The van der Waals surface area contributed by atoms with Crippen LogP contribution < -0.4 is 10.5 Å². The molecule has 0 atom stereocenters. The highest BCUT2D eigenvalue weighted by atomic mass is 16.5. The molecule has 0 spiro atoms. The fourth-order valence-electron chi connectivity index (χ4n) is 3.77. The van der Waals surface area contributed by atoms with E-state index in [0.29, 0.717) is 18.2 Å². The van der Waals surface area contributed by atoms with E-state index >= 15 is 0 Å². The first-order chi connectivity index (χ1) is 12.9. The monoisotopic (exact) mass is 371 g/mol. The standard InChI is InChI=1S/C21H29N3O3/c1-13-10-19(26-4)14(2)9-17(13)21-23-18(15(3)27-21)12-24-7-5-16(6-8-24)11-20(22)25/h9-10,16H,5-8,11-12H2,1-4H3,(H2,22,25). The quantitative estimate of drug-likeness (QED) is 0.842. The molecule has 0 radical (unpaired) electrons. The lowest BCUT2D eigenvalue weighted by Crippen LogP contribution is -2.34. The molecule has 2 N–H and O–H groups in total. The van der Waals surface area contributed by atoms with Crippen LogP contribution in [0, 0.1) is 26.7 Å². The van der Waals surface area contributed by atoms with Gasteiger partial charge in [0, 0.05) is 18.5 Å². The van der Waals surface area contributed by atoms with Gasteiger partial charge < -0.3 is 14.9 Å². The average Bonchev–Trinajstić information content (AvgIpc) is 2.98. The molecule has 1 fully saturated rings. The van der Waals surface area contributed by atoms with Crippen molar-refractivity contribution in [3.63, 3.8) is 0 Å². The summed E-state index contributed by atoms with van der Waals surface area (Å²) in [6.45, 7) is 8.72. The van der Waals surface area contributed by atoms with Crippen LogP contribution in [0.5, 0.6) is 5.75 Å². The van der Waals surface area contributed by atoms with Crippen molar-refractivity contribution >= 4 is 5.91 Å². The topological polar surface area (TPSA) is 81.6 Å². The molecule has 1 aromatic carbocycles. The Kier molecular flexibility index (Phi) is 5.85. The zero-order chi connectivity index (χ0) is 19.6. The third-order valence-electron chi connectivity index (χ3n) is 5.44. The minimum absolute atomic E-state index is 0.199. The van der Waals surface area contributed by atoms with Crippen molar-refractivity contribution in [2.45, 2.75) is 46.6 Å². The van der Waals surface area contributed by atoms with Gasteiger partial charge in [-0.15, -0.1) is 0 Å². The summed E-state index contributed by atoms with van der Waals surface area (Å²) in [5.74, 6) is 2.61. The van der Waals surface area contributed by atoms with Crippen LogP contribution in [0.25, 0.3) is 11.5 Å². The lowest BCUT2D eigenvalue weighted by atomic mass is 9.93. The van der Waals surface area contributed by atoms with Gasteiger partial charge in [-0.05, 0) is 75.9 Å². The number of piperidine rings is 1.